The van der Waals surface area contributed by atoms with Gasteiger partial charge in [0, 0.05) is 83.7 Å². The third-order valence-electron chi connectivity index (χ3n) is 11.2. The molecular formula is C43H62N6O6. The quantitative estimate of drug-likeness (QED) is 0.186. The van der Waals surface area contributed by atoms with Crippen LogP contribution < -0.4 is 19.3 Å². The third-order valence-corrected chi connectivity index (χ3v) is 11.2. The Hall–Kier alpha value is -4.42. The molecule has 4 fully saturated rings. The standard InChI is InChI=1S/C24H35N3O3.C19H27N3O3/c1-5-9-20-19(4)23(28)27(24(20)29)13-8-12-25-14-16-26(17-15-25)21-10-6-7-11-22(21)30-18(2)3;1-15-14-18(23)22(19(15)24)9-5-8-20-10-12-21(13-11-20)16-6-3-4-7-17(16)25-2/h5-7,10-11,18-20H,1,8-9,12-17H2,2-4H3;3-4,6-7,15H,5,8-14H2,1-2H3. The van der Waals surface area contributed by atoms with Gasteiger partial charge >= 0.3 is 0 Å². The van der Waals surface area contributed by atoms with Gasteiger partial charge in [-0.1, -0.05) is 44.2 Å². The van der Waals surface area contributed by atoms with E-state index < -0.39 is 0 Å². The van der Waals surface area contributed by atoms with E-state index >= 15 is 0 Å². The monoisotopic (exact) mass is 758 g/mol. The number of hydrogen-bond acceptors (Lipinski definition) is 10. The SMILES string of the molecule is C=CCC1C(=O)N(CCCN2CCN(c3ccccc3OC(C)C)CC2)C(=O)C1C.COc1ccccc1N1CCN(CCCN2C(=O)CC(C)C2=O)CC1. The second kappa shape index (κ2) is 20.0. The average molecular weight is 759 g/mol. The van der Waals surface area contributed by atoms with Gasteiger partial charge in [0.1, 0.15) is 11.5 Å². The third kappa shape index (κ3) is 10.7. The number of nitrogens with zero attached hydrogens (tertiary/aromatic N) is 6. The van der Waals surface area contributed by atoms with Gasteiger partial charge in [-0.15, -0.1) is 6.58 Å². The lowest BCUT2D eigenvalue weighted by molar-refractivity contribution is -0.141. The van der Waals surface area contributed by atoms with E-state index in [1.54, 1.807) is 13.2 Å². The van der Waals surface area contributed by atoms with Crippen LogP contribution >= 0.6 is 0 Å². The minimum atomic E-state index is -0.230. The van der Waals surface area contributed by atoms with Crippen molar-refractivity contribution >= 4 is 35.0 Å². The lowest BCUT2D eigenvalue weighted by Crippen LogP contribution is -2.47. The largest absolute Gasteiger partial charge is 0.495 e. The van der Waals surface area contributed by atoms with E-state index in [0.29, 0.717) is 25.9 Å². The van der Waals surface area contributed by atoms with Crippen molar-refractivity contribution < 1.29 is 28.7 Å². The first-order chi connectivity index (χ1) is 26.5. The van der Waals surface area contributed by atoms with Crippen molar-refractivity contribution in [1.29, 1.82) is 0 Å². The highest BCUT2D eigenvalue weighted by Crippen LogP contribution is 2.31. The minimum absolute atomic E-state index is 0.00834. The number of imide groups is 2. The first-order valence-corrected chi connectivity index (χ1v) is 20.2. The van der Waals surface area contributed by atoms with Crippen LogP contribution in [0.3, 0.4) is 0 Å². The van der Waals surface area contributed by atoms with Crippen LogP contribution in [0.4, 0.5) is 11.4 Å². The highest BCUT2D eigenvalue weighted by molar-refractivity contribution is 6.05. The van der Waals surface area contributed by atoms with Crippen LogP contribution in [0.25, 0.3) is 0 Å². The Balaban J connectivity index is 0.000000214. The fourth-order valence-electron chi connectivity index (χ4n) is 8.02. The van der Waals surface area contributed by atoms with Gasteiger partial charge in [-0.05, 0) is 70.5 Å². The molecule has 4 saturated heterocycles. The summed E-state index contributed by atoms with van der Waals surface area (Å²) in [5, 5.41) is 0. The van der Waals surface area contributed by atoms with E-state index in [0.717, 1.165) is 101 Å². The van der Waals surface area contributed by atoms with E-state index in [4.69, 9.17) is 9.47 Å². The van der Waals surface area contributed by atoms with Gasteiger partial charge in [-0.3, -0.25) is 38.8 Å². The molecule has 4 amide bonds. The van der Waals surface area contributed by atoms with Crippen LogP contribution in [0.1, 0.15) is 53.4 Å². The van der Waals surface area contributed by atoms with Crippen LogP contribution in [0.2, 0.25) is 0 Å². The summed E-state index contributed by atoms with van der Waals surface area (Å²) in [6.07, 6.45) is 4.50. The Labute approximate surface area is 328 Å². The molecule has 0 bridgehead atoms. The molecule has 0 radical (unpaired) electrons. The lowest BCUT2D eigenvalue weighted by atomic mass is 9.94. The summed E-state index contributed by atoms with van der Waals surface area (Å²) >= 11 is 0. The van der Waals surface area contributed by atoms with Gasteiger partial charge in [0.05, 0.1) is 30.5 Å². The molecule has 0 N–H and O–H groups in total. The number of rotatable bonds is 15. The minimum Gasteiger partial charge on any atom is -0.495 e. The van der Waals surface area contributed by atoms with Crippen LogP contribution in [-0.4, -0.2) is 135 Å². The lowest BCUT2D eigenvalue weighted by Gasteiger charge is -2.37. The number of allylic oxidation sites excluding steroid dienone is 1. The maximum Gasteiger partial charge on any atom is 0.233 e. The van der Waals surface area contributed by atoms with Crippen molar-refractivity contribution in [3.63, 3.8) is 0 Å². The van der Waals surface area contributed by atoms with Gasteiger partial charge in [-0.25, -0.2) is 0 Å². The van der Waals surface area contributed by atoms with Crippen LogP contribution in [0, 0.1) is 17.8 Å². The Morgan fingerprint density at radius 3 is 1.69 bits per heavy atom. The first-order valence-electron chi connectivity index (χ1n) is 20.2. The Bertz CT molecular complexity index is 1620. The second-order valence-corrected chi connectivity index (χ2v) is 15.4. The number of hydrogen-bond donors (Lipinski definition) is 0. The topological polar surface area (TPSA) is 106 Å². The normalized spacial score (nSPS) is 22.4. The van der Waals surface area contributed by atoms with Crippen molar-refractivity contribution in [1.82, 2.24) is 19.6 Å². The molecule has 2 aromatic rings. The number of methoxy groups -OCH3 is 1. The summed E-state index contributed by atoms with van der Waals surface area (Å²) in [6, 6.07) is 16.3. The molecule has 2 aromatic carbocycles. The van der Waals surface area contributed by atoms with Crippen molar-refractivity contribution in [3.8, 4) is 11.5 Å². The summed E-state index contributed by atoms with van der Waals surface area (Å²) in [5.74, 6) is 1.17. The number of likely N-dealkylation sites (tertiary alicyclic amines) is 2. The molecule has 55 heavy (non-hydrogen) atoms. The van der Waals surface area contributed by atoms with Gasteiger partial charge < -0.3 is 19.3 Å². The van der Waals surface area contributed by atoms with E-state index in [-0.39, 0.29) is 47.5 Å². The highest BCUT2D eigenvalue weighted by Gasteiger charge is 2.43. The smallest absolute Gasteiger partial charge is 0.233 e. The number of piperazine rings is 2. The summed E-state index contributed by atoms with van der Waals surface area (Å²) in [5.41, 5.74) is 2.30. The van der Waals surface area contributed by atoms with Crippen LogP contribution in [0.5, 0.6) is 11.5 Å². The van der Waals surface area contributed by atoms with Crippen LogP contribution in [-0.2, 0) is 19.2 Å². The number of ether oxygens (including phenoxy) is 2. The predicted molar refractivity (Wildman–Crippen MR) is 216 cm³/mol. The first kappa shape index (κ1) is 41.7. The fourth-order valence-corrected chi connectivity index (χ4v) is 8.02. The summed E-state index contributed by atoms with van der Waals surface area (Å²) in [7, 11) is 1.71. The van der Waals surface area contributed by atoms with Crippen LogP contribution in [0.15, 0.2) is 61.2 Å². The number of anilines is 2. The van der Waals surface area contributed by atoms with Gasteiger partial charge in [0.2, 0.25) is 23.6 Å². The maximum absolute atomic E-state index is 12.5. The van der Waals surface area contributed by atoms with Crippen molar-refractivity contribution in [2.24, 2.45) is 17.8 Å². The van der Waals surface area contributed by atoms with E-state index in [2.05, 4.69) is 44.4 Å². The number of para-hydroxylation sites is 4. The molecule has 4 aliphatic rings. The maximum atomic E-state index is 12.5. The Morgan fingerprint density at radius 2 is 1.20 bits per heavy atom. The second-order valence-electron chi connectivity index (χ2n) is 15.4. The van der Waals surface area contributed by atoms with E-state index in [9.17, 15) is 19.2 Å². The fraction of sp³-hybridized carbons (Fsp3) is 0.581. The van der Waals surface area contributed by atoms with Crippen molar-refractivity contribution in [2.75, 3.05) is 95.4 Å². The van der Waals surface area contributed by atoms with E-state index in [1.807, 2.05) is 58.0 Å². The van der Waals surface area contributed by atoms with E-state index in [1.165, 1.54) is 9.80 Å². The molecular weight excluding hydrogens is 697 g/mol. The number of amides is 4. The summed E-state index contributed by atoms with van der Waals surface area (Å²) in [4.78, 5) is 61.2. The molecule has 3 atom stereocenters. The zero-order valence-electron chi connectivity index (χ0n) is 33.7. The summed E-state index contributed by atoms with van der Waals surface area (Å²) in [6.45, 7) is 22.1. The summed E-state index contributed by atoms with van der Waals surface area (Å²) < 4.78 is 11.4. The number of carbonyl (C=O) groups excluding carboxylic acids is 4. The Morgan fingerprint density at radius 1 is 0.691 bits per heavy atom. The average Bonchev–Trinajstić information content (AvgIpc) is 3.55. The van der Waals surface area contributed by atoms with Crippen molar-refractivity contribution in [2.45, 2.75) is 59.5 Å². The molecule has 300 valence electrons. The highest BCUT2D eigenvalue weighted by atomic mass is 16.5. The number of carbonyl (C=O) groups is 4. The molecule has 4 heterocycles. The molecule has 4 aliphatic heterocycles. The zero-order valence-corrected chi connectivity index (χ0v) is 33.7. The Kier molecular flexibility index (Phi) is 15.1. The zero-order chi connectivity index (χ0) is 39.5. The van der Waals surface area contributed by atoms with Gasteiger partial charge in [0.25, 0.3) is 0 Å². The molecule has 12 nitrogen and oxygen atoms in total. The van der Waals surface area contributed by atoms with Gasteiger partial charge in [0.15, 0.2) is 0 Å². The number of benzene rings is 2. The molecule has 3 unspecified atom stereocenters. The van der Waals surface area contributed by atoms with Gasteiger partial charge in [-0.2, -0.15) is 0 Å². The molecule has 0 saturated carbocycles. The molecule has 0 aliphatic carbocycles. The molecule has 6 rings (SSSR count). The van der Waals surface area contributed by atoms with Crippen molar-refractivity contribution in [3.05, 3.63) is 61.2 Å². The molecule has 12 heteroatoms. The molecule has 0 spiro atoms. The predicted octanol–water partition coefficient (Wildman–Crippen LogP) is 4.79. The molecule has 0 aromatic heterocycles.